The summed E-state index contributed by atoms with van der Waals surface area (Å²) in [4.78, 5) is 25.0. The van der Waals surface area contributed by atoms with Gasteiger partial charge in [0.2, 0.25) is 10.0 Å². The number of halogens is 1. The molecule has 0 unspecified atom stereocenters. The summed E-state index contributed by atoms with van der Waals surface area (Å²) in [5.41, 5.74) is -0.791. The first-order valence-corrected chi connectivity index (χ1v) is 10.6. The molecule has 0 saturated heterocycles. The highest BCUT2D eigenvalue weighted by atomic mass is 79.9. The quantitative estimate of drug-likeness (QED) is 0.583. The predicted molar refractivity (Wildman–Crippen MR) is 105 cm³/mol. The zero-order valence-corrected chi connectivity index (χ0v) is 16.7. The summed E-state index contributed by atoms with van der Waals surface area (Å²) in [5.74, 6) is -1.26. The van der Waals surface area contributed by atoms with Crippen LogP contribution >= 0.6 is 15.9 Å². The van der Waals surface area contributed by atoms with E-state index in [9.17, 15) is 23.1 Å². The van der Waals surface area contributed by atoms with Crippen LogP contribution in [0.25, 0.3) is 0 Å². The normalized spacial score (nSPS) is 18.7. The topological polar surface area (TPSA) is 113 Å². The zero-order chi connectivity index (χ0) is 19.8. The van der Waals surface area contributed by atoms with Gasteiger partial charge in [-0.1, -0.05) is 28.1 Å². The number of aliphatic hydroxyl groups is 1. The summed E-state index contributed by atoms with van der Waals surface area (Å²) in [6.07, 6.45) is -0.466. The molecule has 0 aromatic heterocycles. The van der Waals surface area contributed by atoms with Crippen LogP contribution in [0, 0.1) is 0 Å². The molecule has 3 N–H and O–H groups in total. The number of hydrogen-bond acceptors (Lipinski definition) is 5. The van der Waals surface area contributed by atoms with Crippen LogP contribution in [0.15, 0.2) is 46.9 Å². The molecule has 0 radical (unpaired) electrons. The highest BCUT2D eigenvalue weighted by Crippen LogP contribution is 2.40. The SMILES string of the molecule is CCS(=O)(=O)Nc1cccc(C(=O)C[C@@]2(O)C(=O)Nc3ccc(Br)cc32)c1. The first-order valence-electron chi connectivity index (χ1n) is 8.12. The first-order chi connectivity index (χ1) is 12.6. The molecule has 0 saturated carbocycles. The van der Waals surface area contributed by atoms with Gasteiger partial charge in [0.15, 0.2) is 11.4 Å². The Kier molecular flexibility index (Phi) is 5.11. The molecule has 0 spiro atoms. The molecule has 3 rings (SSSR count). The molecule has 0 fully saturated rings. The number of ketones is 1. The van der Waals surface area contributed by atoms with E-state index in [2.05, 4.69) is 26.0 Å². The number of amides is 1. The van der Waals surface area contributed by atoms with E-state index in [4.69, 9.17) is 0 Å². The van der Waals surface area contributed by atoms with E-state index < -0.39 is 33.7 Å². The molecule has 1 aliphatic heterocycles. The second-order valence-corrected chi connectivity index (χ2v) is 9.12. The Bertz CT molecular complexity index is 1040. The largest absolute Gasteiger partial charge is 0.375 e. The number of nitrogens with one attached hydrogen (secondary N) is 2. The number of rotatable bonds is 6. The maximum atomic E-state index is 12.7. The van der Waals surface area contributed by atoms with Crippen LogP contribution in [-0.4, -0.2) is 31.0 Å². The minimum Gasteiger partial charge on any atom is -0.375 e. The van der Waals surface area contributed by atoms with E-state index in [1.165, 1.54) is 31.2 Å². The number of carbonyl (C=O) groups excluding carboxylic acids is 2. The lowest BCUT2D eigenvalue weighted by Gasteiger charge is -2.20. The van der Waals surface area contributed by atoms with E-state index in [-0.39, 0.29) is 17.0 Å². The summed E-state index contributed by atoms with van der Waals surface area (Å²) in [6, 6.07) is 10.9. The lowest BCUT2D eigenvalue weighted by Crippen LogP contribution is -2.36. The van der Waals surface area contributed by atoms with Crippen molar-refractivity contribution in [3.63, 3.8) is 0 Å². The fourth-order valence-corrected chi connectivity index (χ4v) is 3.82. The van der Waals surface area contributed by atoms with E-state index >= 15 is 0 Å². The van der Waals surface area contributed by atoms with Crippen molar-refractivity contribution in [1.29, 1.82) is 0 Å². The molecule has 1 amide bonds. The number of Topliss-reactive ketones (excluding diaryl/α,β-unsaturated/α-hetero) is 1. The van der Waals surface area contributed by atoms with Gasteiger partial charge in [0.25, 0.3) is 5.91 Å². The van der Waals surface area contributed by atoms with E-state index in [1.54, 1.807) is 18.2 Å². The molecular weight excluding hydrogens is 436 g/mol. The monoisotopic (exact) mass is 452 g/mol. The lowest BCUT2D eigenvalue weighted by atomic mass is 9.88. The molecule has 1 atom stereocenters. The summed E-state index contributed by atoms with van der Waals surface area (Å²) in [6.45, 7) is 1.50. The van der Waals surface area contributed by atoms with Crippen LogP contribution in [0.2, 0.25) is 0 Å². The molecular formula is C18H17BrN2O5S. The van der Waals surface area contributed by atoms with Gasteiger partial charge < -0.3 is 10.4 Å². The Labute approximate surface area is 165 Å². The Morgan fingerprint density at radius 3 is 2.70 bits per heavy atom. The van der Waals surface area contributed by atoms with Crippen LogP contribution in [-0.2, 0) is 20.4 Å². The van der Waals surface area contributed by atoms with E-state index in [1.807, 2.05) is 0 Å². The van der Waals surface area contributed by atoms with Gasteiger partial charge in [-0.2, -0.15) is 0 Å². The first kappa shape index (κ1) is 19.5. The molecule has 27 heavy (non-hydrogen) atoms. The second kappa shape index (κ2) is 7.06. The average molecular weight is 453 g/mol. The van der Waals surface area contributed by atoms with Crippen LogP contribution in [0.4, 0.5) is 11.4 Å². The van der Waals surface area contributed by atoms with Crippen molar-refractivity contribution in [2.24, 2.45) is 0 Å². The van der Waals surface area contributed by atoms with Crippen molar-refractivity contribution < 1.29 is 23.1 Å². The van der Waals surface area contributed by atoms with Gasteiger partial charge in [-0.25, -0.2) is 8.42 Å². The zero-order valence-electron chi connectivity index (χ0n) is 14.3. The minimum atomic E-state index is -3.48. The van der Waals surface area contributed by atoms with Crippen LogP contribution < -0.4 is 10.0 Å². The molecule has 7 nitrogen and oxygen atoms in total. The molecule has 2 aromatic rings. The van der Waals surface area contributed by atoms with Crippen molar-refractivity contribution in [2.75, 3.05) is 15.8 Å². The van der Waals surface area contributed by atoms with Gasteiger partial charge in [-0.05, 0) is 37.3 Å². The van der Waals surface area contributed by atoms with Crippen molar-refractivity contribution in [3.8, 4) is 0 Å². The van der Waals surface area contributed by atoms with Gasteiger partial charge in [-0.15, -0.1) is 0 Å². The molecule has 2 aromatic carbocycles. The van der Waals surface area contributed by atoms with Gasteiger partial charge >= 0.3 is 0 Å². The summed E-state index contributed by atoms with van der Waals surface area (Å²) in [5, 5.41) is 13.5. The van der Waals surface area contributed by atoms with Crippen molar-refractivity contribution in [2.45, 2.75) is 18.9 Å². The molecule has 9 heteroatoms. The molecule has 0 aliphatic carbocycles. The summed E-state index contributed by atoms with van der Waals surface area (Å²) in [7, 11) is -3.48. The van der Waals surface area contributed by atoms with Gasteiger partial charge in [0.05, 0.1) is 12.2 Å². The average Bonchev–Trinajstić information content (AvgIpc) is 2.85. The highest BCUT2D eigenvalue weighted by Gasteiger charge is 2.46. The van der Waals surface area contributed by atoms with E-state index in [0.29, 0.717) is 15.7 Å². The van der Waals surface area contributed by atoms with Crippen LogP contribution in [0.3, 0.4) is 0 Å². The number of anilines is 2. The highest BCUT2D eigenvalue weighted by molar-refractivity contribution is 9.10. The third kappa shape index (κ3) is 3.90. The summed E-state index contributed by atoms with van der Waals surface area (Å²) < 4.78 is 26.4. The Morgan fingerprint density at radius 1 is 1.26 bits per heavy atom. The molecule has 0 bridgehead atoms. The number of sulfonamides is 1. The molecule has 142 valence electrons. The van der Waals surface area contributed by atoms with Crippen molar-refractivity contribution >= 4 is 49.0 Å². The Balaban J connectivity index is 1.88. The standard InChI is InChI=1S/C18H17BrN2O5S/c1-2-27(25,26)21-13-5-3-4-11(8-13)16(22)10-18(24)14-9-12(19)6-7-15(14)20-17(18)23/h3-9,21,24H,2,10H2,1H3,(H,20,23)/t18-/m0/s1. The molecule has 1 aliphatic rings. The van der Waals surface area contributed by atoms with Crippen LogP contribution in [0.5, 0.6) is 0 Å². The number of carbonyl (C=O) groups is 2. The molecule has 1 heterocycles. The fraction of sp³-hybridized carbons (Fsp3) is 0.222. The maximum Gasteiger partial charge on any atom is 0.261 e. The van der Waals surface area contributed by atoms with Crippen LogP contribution in [0.1, 0.15) is 29.3 Å². The van der Waals surface area contributed by atoms with Gasteiger partial charge in [-0.3, -0.25) is 14.3 Å². The maximum absolute atomic E-state index is 12.7. The van der Waals surface area contributed by atoms with Crippen molar-refractivity contribution in [1.82, 2.24) is 0 Å². The Hall–Kier alpha value is -2.23. The van der Waals surface area contributed by atoms with Gasteiger partial charge in [0, 0.05) is 27.0 Å². The van der Waals surface area contributed by atoms with E-state index in [0.717, 1.165) is 0 Å². The second-order valence-electron chi connectivity index (χ2n) is 6.19. The predicted octanol–water partition coefficient (Wildman–Crippen LogP) is 2.62. The number of hydrogen-bond donors (Lipinski definition) is 3. The number of fused-ring (bicyclic) bond motifs is 1. The minimum absolute atomic E-state index is 0.100. The van der Waals surface area contributed by atoms with Gasteiger partial charge in [0.1, 0.15) is 0 Å². The third-order valence-electron chi connectivity index (χ3n) is 4.31. The summed E-state index contributed by atoms with van der Waals surface area (Å²) >= 11 is 3.29. The number of benzene rings is 2. The van der Waals surface area contributed by atoms with Crippen molar-refractivity contribution in [3.05, 3.63) is 58.1 Å². The third-order valence-corrected chi connectivity index (χ3v) is 6.11. The Morgan fingerprint density at radius 2 is 2.00 bits per heavy atom. The smallest absolute Gasteiger partial charge is 0.261 e. The lowest BCUT2D eigenvalue weighted by molar-refractivity contribution is -0.133. The fourth-order valence-electron chi connectivity index (χ4n) is 2.83.